The molecule has 6 nitrogen and oxygen atoms in total. The van der Waals surface area contributed by atoms with Crippen molar-refractivity contribution < 1.29 is 4.79 Å². The Morgan fingerprint density at radius 2 is 1.96 bits per heavy atom. The molecule has 0 spiro atoms. The van der Waals surface area contributed by atoms with E-state index in [4.69, 9.17) is 0 Å². The van der Waals surface area contributed by atoms with E-state index in [-0.39, 0.29) is 41.5 Å². The first-order valence-electron chi connectivity index (χ1n) is 9.11. The third-order valence-electron chi connectivity index (χ3n) is 5.15. The Morgan fingerprint density at radius 3 is 2.36 bits per heavy atom. The molecule has 2 fully saturated rings. The van der Waals surface area contributed by atoms with E-state index in [9.17, 15) is 4.79 Å². The van der Waals surface area contributed by atoms with Crippen molar-refractivity contribution in [2.45, 2.75) is 58.2 Å². The van der Waals surface area contributed by atoms with Gasteiger partial charge in [0.1, 0.15) is 0 Å². The van der Waals surface area contributed by atoms with Crippen LogP contribution in [0.15, 0.2) is 4.99 Å². The maximum Gasteiger partial charge on any atom is 0.242 e. The Kier molecular flexibility index (Phi) is 7.98. The number of carbonyl (C=O) groups is 1. The Labute approximate surface area is 170 Å². The van der Waals surface area contributed by atoms with Gasteiger partial charge in [-0.1, -0.05) is 0 Å². The molecule has 1 heterocycles. The summed E-state index contributed by atoms with van der Waals surface area (Å²) in [6.07, 6.45) is 2.64. The van der Waals surface area contributed by atoms with Crippen LogP contribution in [0.3, 0.4) is 0 Å². The summed E-state index contributed by atoms with van der Waals surface area (Å²) in [5.74, 6) is 1.81. The molecule has 0 aromatic heterocycles. The predicted molar refractivity (Wildman–Crippen MR) is 115 cm³/mol. The number of halogens is 1. The fourth-order valence-electron chi connectivity index (χ4n) is 4.09. The zero-order valence-electron chi connectivity index (χ0n) is 16.9. The van der Waals surface area contributed by atoms with E-state index in [1.54, 1.807) is 7.05 Å². The molecule has 7 heteroatoms. The number of guanidine groups is 1. The summed E-state index contributed by atoms with van der Waals surface area (Å²) in [7, 11) is 6.08. The molecule has 1 aliphatic carbocycles. The van der Waals surface area contributed by atoms with Crippen LogP contribution in [0.1, 0.15) is 40.5 Å². The van der Waals surface area contributed by atoms with Crippen LogP contribution in [-0.2, 0) is 4.79 Å². The molecule has 1 N–H and O–H groups in total. The second-order valence-electron chi connectivity index (χ2n) is 8.32. The second kappa shape index (κ2) is 8.88. The zero-order valence-corrected chi connectivity index (χ0v) is 19.2. The Balaban J connectivity index is 0.00000312. The number of amides is 1. The minimum absolute atomic E-state index is 0. The first kappa shape index (κ1) is 22.5. The normalized spacial score (nSPS) is 22.3. The first-order valence-corrected chi connectivity index (χ1v) is 9.11. The topological polar surface area (TPSA) is 51.2 Å². The lowest BCUT2D eigenvalue weighted by Gasteiger charge is -2.49. The highest BCUT2D eigenvalue weighted by Crippen LogP contribution is 2.34. The van der Waals surface area contributed by atoms with Crippen LogP contribution < -0.4 is 5.32 Å². The lowest BCUT2D eigenvalue weighted by Crippen LogP contribution is -2.66. The third kappa shape index (κ3) is 5.45. The minimum Gasteiger partial charge on any atom is -0.355 e. The average Bonchev–Trinajstić information content (AvgIpc) is 3.25. The van der Waals surface area contributed by atoms with Crippen LogP contribution >= 0.6 is 24.0 Å². The predicted octanol–water partition coefficient (Wildman–Crippen LogP) is 1.85. The zero-order chi connectivity index (χ0) is 18.1. The highest BCUT2D eigenvalue weighted by atomic mass is 127. The molecule has 25 heavy (non-hydrogen) atoms. The fourth-order valence-corrected chi connectivity index (χ4v) is 4.09. The largest absolute Gasteiger partial charge is 0.355 e. The molecule has 1 unspecified atom stereocenters. The van der Waals surface area contributed by atoms with Gasteiger partial charge in [0.15, 0.2) is 5.96 Å². The molecular weight excluding hydrogens is 429 g/mol. The molecule has 0 bridgehead atoms. The van der Waals surface area contributed by atoms with E-state index >= 15 is 0 Å². The molecule has 1 atom stereocenters. The molecule has 1 saturated carbocycles. The molecule has 2 aliphatic rings. The van der Waals surface area contributed by atoms with Gasteiger partial charge in [0.05, 0.1) is 12.1 Å². The lowest BCUT2D eigenvalue weighted by atomic mass is 9.96. The van der Waals surface area contributed by atoms with Crippen LogP contribution in [-0.4, -0.2) is 85.0 Å². The number of nitrogens with zero attached hydrogens (tertiary/aromatic N) is 4. The van der Waals surface area contributed by atoms with Gasteiger partial charge in [0.2, 0.25) is 5.91 Å². The Morgan fingerprint density at radius 1 is 1.36 bits per heavy atom. The van der Waals surface area contributed by atoms with Crippen LogP contribution in [0, 0.1) is 5.92 Å². The number of piperazine rings is 1. The molecular formula is C18H36IN5O. The minimum atomic E-state index is -0.196. The molecule has 0 radical (unpaired) electrons. The lowest BCUT2D eigenvalue weighted by molar-refractivity contribution is -0.145. The van der Waals surface area contributed by atoms with Crippen molar-refractivity contribution in [1.29, 1.82) is 0 Å². The van der Waals surface area contributed by atoms with Crippen molar-refractivity contribution in [2.75, 3.05) is 40.8 Å². The number of aliphatic imine (C=N–C) groups is 1. The van der Waals surface area contributed by atoms with Crippen molar-refractivity contribution in [3.63, 3.8) is 0 Å². The quantitative estimate of drug-likeness (QED) is 0.383. The highest BCUT2D eigenvalue weighted by Gasteiger charge is 2.41. The van der Waals surface area contributed by atoms with Gasteiger partial charge in [-0.15, -0.1) is 24.0 Å². The third-order valence-corrected chi connectivity index (χ3v) is 5.15. The maximum absolute atomic E-state index is 12.6. The van der Waals surface area contributed by atoms with Crippen LogP contribution in [0.25, 0.3) is 0 Å². The first-order chi connectivity index (χ1) is 11.2. The number of hydrogen-bond acceptors (Lipinski definition) is 3. The van der Waals surface area contributed by atoms with Crippen molar-refractivity contribution in [3.8, 4) is 0 Å². The number of hydrogen-bond donors (Lipinski definition) is 1. The summed E-state index contributed by atoms with van der Waals surface area (Å²) in [6.45, 7) is 10.5. The summed E-state index contributed by atoms with van der Waals surface area (Å²) in [4.78, 5) is 23.5. The standard InChI is InChI=1S/C18H35N5O.HI/c1-13(2)23-16(24)11-22(12-18(23,3)4)17(19-5)20-10-15(21(6)7)14-8-9-14;/h13-15H,8-12H2,1-7H3,(H,19,20);1H. The van der Waals surface area contributed by atoms with E-state index in [0.717, 1.165) is 25.0 Å². The smallest absolute Gasteiger partial charge is 0.242 e. The summed E-state index contributed by atoms with van der Waals surface area (Å²) in [5, 5.41) is 3.51. The van der Waals surface area contributed by atoms with E-state index < -0.39 is 0 Å². The number of rotatable bonds is 5. The van der Waals surface area contributed by atoms with Crippen molar-refractivity contribution in [1.82, 2.24) is 20.0 Å². The van der Waals surface area contributed by atoms with Gasteiger partial charge in [-0.05, 0) is 60.5 Å². The molecule has 1 saturated heterocycles. The average molecular weight is 465 g/mol. The second-order valence-corrected chi connectivity index (χ2v) is 8.32. The molecule has 2 rings (SSSR count). The number of nitrogens with one attached hydrogen (secondary N) is 1. The highest BCUT2D eigenvalue weighted by molar-refractivity contribution is 14.0. The van der Waals surface area contributed by atoms with E-state index in [1.807, 2.05) is 4.90 Å². The molecule has 146 valence electrons. The number of carbonyl (C=O) groups excluding carboxylic acids is 1. The van der Waals surface area contributed by atoms with Gasteiger partial charge in [-0.25, -0.2) is 0 Å². The summed E-state index contributed by atoms with van der Waals surface area (Å²) >= 11 is 0. The molecule has 1 amide bonds. The SMILES string of the molecule is CN=C(NCC(C1CC1)N(C)C)N1CC(=O)N(C(C)C)C(C)(C)C1.I. The van der Waals surface area contributed by atoms with Gasteiger partial charge < -0.3 is 20.0 Å². The molecule has 0 aromatic rings. The summed E-state index contributed by atoms with van der Waals surface area (Å²) in [5.41, 5.74) is -0.196. The molecule has 1 aliphatic heterocycles. The molecule has 0 aromatic carbocycles. The van der Waals surface area contributed by atoms with E-state index in [2.05, 4.69) is 61.9 Å². The van der Waals surface area contributed by atoms with Crippen LogP contribution in [0.5, 0.6) is 0 Å². The van der Waals surface area contributed by atoms with Crippen LogP contribution in [0.2, 0.25) is 0 Å². The van der Waals surface area contributed by atoms with E-state index in [0.29, 0.717) is 12.6 Å². The van der Waals surface area contributed by atoms with E-state index in [1.165, 1.54) is 12.8 Å². The summed E-state index contributed by atoms with van der Waals surface area (Å²) in [6, 6.07) is 0.750. The van der Waals surface area contributed by atoms with Crippen molar-refractivity contribution in [2.24, 2.45) is 10.9 Å². The maximum atomic E-state index is 12.6. The van der Waals surface area contributed by atoms with Crippen molar-refractivity contribution >= 4 is 35.8 Å². The number of likely N-dealkylation sites (N-methyl/N-ethyl adjacent to an activating group) is 1. The van der Waals surface area contributed by atoms with Crippen LogP contribution in [0.4, 0.5) is 0 Å². The summed E-state index contributed by atoms with van der Waals surface area (Å²) < 4.78 is 0. The fraction of sp³-hybridized carbons (Fsp3) is 0.889. The van der Waals surface area contributed by atoms with Gasteiger partial charge in [0.25, 0.3) is 0 Å². The van der Waals surface area contributed by atoms with Gasteiger partial charge in [-0.3, -0.25) is 9.79 Å². The van der Waals surface area contributed by atoms with Gasteiger partial charge in [-0.2, -0.15) is 0 Å². The Hall–Kier alpha value is -0.570. The van der Waals surface area contributed by atoms with Crippen molar-refractivity contribution in [3.05, 3.63) is 0 Å². The van der Waals surface area contributed by atoms with Gasteiger partial charge >= 0.3 is 0 Å². The van der Waals surface area contributed by atoms with Gasteiger partial charge in [0, 0.05) is 32.2 Å². The monoisotopic (exact) mass is 465 g/mol. The Bertz CT molecular complexity index is 486.